The Morgan fingerprint density at radius 1 is 0.765 bits per heavy atom. The molecule has 0 N–H and O–H groups in total. The van der Waals surface area contributed by atoms with Gasteiger partial charge in [0.15, 0.2) is 0 Å². The Morgan fingerprint density at radius 3 is 2.06 bits per heavy atom. The summed E-state index contributed by atoms with van der Waals surface area (Å²) in [6.45, 7) is 7.38. The maximum Gasteiger partial charge on any atom is 0.00952 e. The molecule has 1 aliphatic heterocycles. The summed E-state index contributed by atoms with van der Waals surface area (Å²) in [5, 5.41) is 0. The van der Waals surface area contributed by atoms with Crippen LogP contribution in [-0.4, -0.2) is 24.0 Å². The van der Waals surface area contributed by atoms with Gasteiger partial charge >= 0.3 is 0 Å². The third-order valence-corrected chi connectivity index (χ3v) is 4.19. The van der Waals surface area contributed by atoms with Crippen LogP contribution in [0.5, 0.6) is 0 Å². The van der Waals surface area contributed by atoms with Gasteiger partial charge in [-0.1, -0.05) is 58.8 Å². The van der Waals surface area contributed by atoms with E-state index in [0.717, 1.165) is 6.04 Å². The van der Waals surface area contributed by atoms with Gasteiger partial charge in [0, 0.05) is 6.04 Å². The summed E-state index contributed by atoms with van der Waals surface area (Å²) in [5.74, 6) is 0. The fraction of sp³-hybridized carbons (Fsp3) is 1.00. The number of rotatable bonds is 9. The van der Waals surface area contributed by atoms with E-state index in [2.05, 4.69) is 18.7 Å². The fourth-order valence-corrected chi connectivity index (χ4v) is 3.04. The summed E-state index contributed by atoms with van der Waals surface area (Å²) in [4.78, 5) is 2.80. The first kappa shape index (κ1) is 15.0. The van der Waals surface area contributed by atoms with Gasteiger partial charge in [0.05, 0.1) is 0 Å². The van der Waals surface area contributed by atoms with Crippen molar-refractivity contribution in [2.24, 2.45) is 0 Å². The van der Waals surface area contributed by atoms with Gasteiger partial charge in [-0.15, -0.1) is 0 Å². The van der Waals surface area contributed by atoms with Crippen LogP contribution in [0.15, 0.2) is 0 Å². The Morgan fingerprint density at radius 2 is 1.41 bits per heavy atom. The average molecular weight is 239 g/mol. The largest absolute Gasteiger partial charge is 0.300 e. The average Bonchev–Trinajstić information content (AvgIpc) is 2.39. The van der Waals surface area contributed by atoms with E-state index >= 15 is 0 Å². The van der Waals surface area contributed by atoms with Crippen LogP contribution in [0.3, 0.4) is 0 Å². The number of nitrogens with zero attached hydrogens (tertiary/aromatic N) is 1. The molecule has 0 aromatic heterocycles. The Labute approximate surface area is 109 Å². The van der Waals surface area contributed by atoms with Crippen LogP contribution in [0.25, 0.3) is 0 Å². The molecule has 1 unspecified atom stereocenters. The van der Waals surface area contributed by atoms with E-state index in [1.54, 1.807) is 0 Å². The number of hydrogen-bond acceptors (Lipinski definition) is 1. The molecule has 0 aromatic carbocycles. The van der Waals surface area contributed by atoms with Crippen molar-refractivity contribution in [1.29, 1.82) is 0 Å². The second kappa shape index (κ2) is 9.94. The molecular weight excluding hydrogens is 206 g/mol. The van der Waals surface area contributed by atoms with Crippen molar-refractivity contribution < 1.29 is 0 Å². The summed E-state index contributed by atoms with van der Waals surface area (Å²) in [6.07, 6.45) is 15.7. The van der Waals surface area contributed by atoms with Crippen molar-refractivity contribution in [3.05, 3.63) is 0 Å². The molecule has 0 saturated carbocycles. The second-order valence-corrected chi connectivity index (χ2v) is 5.74. The summed E-state index contributed by atoms with van der Waals surface area (Å²) in [5.41, 5.74) is 0. The zero-order valence-corrected chi connectivity index (χ0v) is 12.2. The molecule has 0 radical (unpaired) electrons. The number of unbranched alkanes of at least 4 members (excludes halogenated alkanes) is 4. The molecule has 0 aliphatic carbocycles. The normalized spacial score (nSPS) is 19.4. The Bertz CT molecular complexity index is 161. The van der Waals surface area contributed by atoms with Crippen LogP contribution in [-0.2, 0) is 0 Å². The minimum absolute atomic E-state index is 0.909. The monoisotopic (exact) mass is 239 g/mol. The lowest BCUT2D eigenvalue weighted by Gasteiger charge is -2.35. The summed E-state index contributed by atoms with van der Waals surface area (Å²) < 4.78 is 0. The molecule has 17 heavy (non-hydrogen) atoms. The topological polar surface area (TPSA) is 3.24 Å². The van der Waals surface area contributed by atoms with Crippen molar-refractivity contribution in [2.75, 3.05) is 13.1 Å². The Balaban J connectivity index is 2.25. The summed E-state index contributed by atoms with van der Waals surface area (Å²) in [6, 6.07) is 0.909. The van der Waals surface area contributed by atoms with Gasteiger partial charge in [0.25, 0.3) is 0 Å². The van der Waals surface area contributed by atoms with Gasteiger partial charge in [-0.2, -0.15) is 0 Å². The van der Waals surface area contributed by atoms with Crippen molar-refractivity contribution in [3.63, 3.8) is 0 Å². The highest BCUT2D eigenvalue weighted by Gasteiger charge is 2.19. The molecular formula is C16H33N. The van der Waals surface area contributed by atoms with E-state index in [0.29, 0.717) is 0 Å². The van der Waals surface area contributed by atoms with E-state index in [4.69, 9.17) is 0 Å². The van der Waals surface area contributed by atoms with E-state index in [1.165, 1.54) is 83.7 Å². The molecule has 1 heteroatoms. The van der Waals surface area contributed by atoms with Crippen LogP contribution in [0.2, 0.25) is 0 Å². The van der Waals surface area contributed by atoms with Crippen molar-refractivity contribution in [3.8, 4) is 0 Å². The number of hydrogen-bond donors (Lipinski definition) is 0. The molecule has 1 atom stereocenters. The molecule has 0 aromatic rings. The first-order valence-electron chi connectivity index (χ1n) is 8.12. The standard InChI is InChI=1S/C16H33N/c1-3-5-7-9-13-16(12-6-4-2)17-14-10-8-11-15-17/h16H,3-15H2,1-2H3. The van der Waals surface area contributed by atoms with Crippen molar-refractivity contribution in [1.82, 2.24) is 4.90 Å². The van der Waals surface area contributed by atoms with Crippen molar-refractivity contribution in [2.45, 2.75) is 90.5 Å². The maximum absolute atomic E-state index is 2.80. The molecule has 1 heterocycles. The van der Waals surface area contributed by atoms with Crippen LogP contribution in [0.4, 0.5) is 0 Å². The smallest absolute Gasteiger partial charge is 0.00952 e. The predicted molar refractivity (Wildman–Crippen MR) is 77.5 cm³/mol. The van der Waals surface area contributed by atoms with Gasteiger partial charge in [-0.25, -0.2) is 0 Å². The highest BCUT2D eigenvalue weighted by Crippen LogP contribution is 2.20. The third kappa shape index (κ3) is 6.45. The molecule has 1 aliphatic rings. The Kier molecular flexibility index (Phi) is 8.78. The lowest BCUT2D eigenvalue weighted by atomic mass is 9.98. The van der Waals surface area contributed by atoms with Gasteiger partial charge in [-0.3, -0.25) is 0 Å². The first-order chi connectivity index (χ1) is 8.38. The number of piperidine rings is 1. The zero-order valence-electron chi connectivity index (χ0n) is 12.2. The minimum atomic E-state index is 0.909. The fourth-order valence-electron chi connectivity index (χ4n) is 3.04. The predicted octanol–water partition coefficient (Wildman–Crippen LogP) is 5.00. The molecule has 0 amide bonds. The van der Waals surface area contributed by atoms with E-state index < -0.39 is 0 Å². The molecule has 0 spiro atoms. The molecule has 102 valence electrons. The molecule has 0 bridgehead atoms. The van der Waals surface area contributed by atoms with Crippen LogP contribution < -0.4 is 0 Å². The highest BCUT2D eigenvalue weighted by molar-refractivity contribution is 4.75. The van der Waals surface area contributed by atoms with Crippen LogP contribution >= 0.6 is 0 Å². The van der Waals surface area contributed by atoms with Crippen LogP contribution in [0, 0.1) is 0 Å². The van der Waals surface area contributed by atoms with E-state index in [1.807, 2.05) is 0 Å². The molecule has 1 rings (SSSR count). The quantitative estimate of drug-likeness (QED) is 0.512. The third-order valence-electron chi connectivity index (χ3n) is 4.19. The maximum atomic E-state index is 2.80. The molecule has 1 nitrogen and oxygen atoms in total. The van der Waals surface area contributed by atoms with E-state index in [-0.39, 0.29) is 0 Å². The minimum Gasteiger partial charge on any atom is -0.300 e. The van der Waals surface area contributed by atoms with Gasteiger partial charge in [-0.05, 0) is 38.8 Å². The highest BCUT2D eigenvalue weighted by atomic mass is 15.2. The van der Waals surface area contributed by atoms with Gasteiger partial charge < -0.3 is 4.90 Å². The summed E-state index contributed by atoms with van der Waals surface area (Å²) >= 11 is 0. The van der Waals surface area contributed by atoms with Crippen LogP contribution in [0.1, 0.15) is 84.5 Å². The zero-order chi connectivity index (χ0) is 12.3. The lowest BCUT2D eigenvalue weighted by Crippen LogP contribution is -2.39. The lowest BCUT2D eigenvalue weighted by molar-refractivity contribution is 0.143. The van der Waals surface area contributed by atoms with Crippen molar-refractivity contribution >= 4 is 0 Å². The Hall–Kier alpha value is -0.0400. The SMILES string of the molecule is CCCCCCC(CCCC)N1CCCCC1. The molecule has 1 saturated heterocycles. The molecule has 1 fully saturated rings. The number of likely N-dealkylation sites (tertiary alicyclic amines) is 1. The van der Waals surface area contributed by atoms with Gasteiger partial charge in [0.1, 0.15) is 0 Å². The summed E-state index contributed by atoms with van der Waals surface area (Å²) in [7, 11) is 0. The van der Waals surface area contributed by atoms with E-state index in [9.17, 15) is 0 Å². The van der Waals surface area contributed by atoms with Gasteiger partial charge in [0.2, 0.25) is 0 Å². The first-order valence-corrected chi connectivity index (χ1v) is 8.12. The second-order valence-electron chi connectivity index (χ2n) is 5.74.